The van der Waals surface area contributed by atoms with Crippen LogP contribution in [0.1, 0.15) is 32.4 Å². The van der Waals surface area contributed by atoms with Crippen molar-refractivity contribution in [3.8, 4) is 0 Å². The molecule has 0 fully saturated rings. The molecule has 232 valence electrons. The number of aromatic nitrogens is 1. The Morgan fingerprint density at radius 3 is 2.26 bits per heavy atom. The summed E-state index contributed by atoms with van der Waals surface area (Å²) in [7, 11) is 0. The number of carbonyl (C=O) groups excluding carboxylic acids is 3. The van der Waals surface area contributed by atoms with E-state index in [2.05, 4.69) is 20.9 Å². The molecular formula is C38H30N4O3S2. The van der Waals surface area contributed by atoms with Gasteiger partial charge in [0.15, 0.2) is 5.13 Å². The van der Waals surface area contributed by atoms with E-state index in [1.54, 1.807) is 36.4 Å². The smallest absolute Gasteiger partial charge is 0.272 e. The van der Waals surface area contributed by atoms with E-state index in [9.17, 15) is 14.4 Å². The molecule has 9 heteroatoms. The summed E-state index contributed by atoms with van der Waals surface area (Å²) in [4.78, 5) is 45.6. The summed E-state index contributed by atoms with van der Waals surface area (Å²) in [6, 6.07) is 39.3. The number of nitrogens with one attached hydrogen (secondary N) is 3. The van der Waals surface area contributed by atoms with Gasteiger partial charge in [-0.25, -0.2) is 4.98 Å². The molecule has 0 saturated carbocycles. The Morgan fingerprint density at radius 1 is 0.787 bits per heavy atom. The first-order chi connectivity index (χ1) is 22.9. The van der Waals surface area contributed by atoms with Gasteiger partial charge in [0.1, 0.15) is 10.9 Å². The number of thiazole rings is 1. The second-order valence-corrected chi connectivity index (χ2v) is 12.7. The van der Waals surface area contributed by atoms with Gasteiger partial charge < -0.3 is 16.0 Å². The van der Waals surface area contributed by atoms with Crippen molar-refractivity contribution >= 4 is 68.5 Å². The Morgan fingerprint density at radius 2 is 1.49 bits per heavy atom. The molecule has 1 aromatic heterocycles. The van der Waals surface area contributed by atoms with E-state index in [4.69, 9.17) is 0 Å². The molecule has 0 aliphatic carbocycles. The number of fused-ring (bicyclic) bond motifs is 1. The van der Waals surface area contributed by atoms with Gasteiger partial charge in [0.2, 0.25) is 5.91 Å². The molecule has 6 rings (SSSR count). The average Bonchev–Trinajstić information content (AvgIpc) is 3.51. The van der Waals surface area contributed by atoms with Gasteiger partial charge in [-0.05, 0) is 65.2 Å². The molecule has 0 spiro atoms. The first kappa shape index (κ1) is 31.5. The van der Waals surface area contributed by atoms with Gasteiger partial charge in [-0.15, -0.1) is 23.1 Å². The van der Waals surface area contributed by atoms with Crippen LogP contribution in [-0.4, -0.2) is 22.7 Å². The van der Waals surface area contributed by atoms with Gasteiger partial charge in [-0.1, -0.05) is 97.1 Å². The summed E-state index contributed by atoms with van der Waals surface area (Å²) in [5, 5.41) is 12.5. The normalized spacial score (nSPS) is 11.9. The molecule has 0 aliphatic heterocycles. The average molecular weight is 655 g/mol. The van der Waals surface area contributed by atoms with E-state index in [1.807, 2.05) is 109 Å². The third-order valence-electron chi connectivity index (χ3n) is 7.19. The lowest BCUT2D eigenvalue weighted by atomic mass is 10.0. The van der Waals surface area contributed by atoms with Crippen molar-refractivity contribution in [2.75, 3.05) is 10.6 Å². The van der Waals surface area contributed by atoms with Crippen molar-refractivity contribution in [2.24, 2.45) is 0 Å². The van der Waals surface area contributed by atoms with E-state index in [-0.39, 0.29) is 11.6 Å². The highest BCUT2D eigenvalue weighted by atomic mass is 32.2. The van der Waals surface area contributed by atoms with Crippen LogP contribution >= 0.6 is 23.1 Å². The topological polar surface area (TPSA) is 100 Å². The zero-order valence-electron chi connectivity index (χ0n) is 25.3. The molecule has 0 aliphatic rings. The van der Waals surface area contributed by atoms with Gasteiger partial charge in [-0.3, -0.25) is 14.4 Å². The van der Waals surface area contributed by atoms with Crippen molar-refractivity contribution in [3.63, 3.8) is 0 Å². The van der Waals surface area contributed by atoms with Crippen molar-refractivity contribution < 1.29 is 14.4 Å². The number of hydrogen-bond donors (Lipinski definition) is 3. The fourth-order valence-corrected chi connectivity index (χ4v) is 6.71. The maximum atomic E-state index is 13.8. The summed E-state index contributed by atoms with van der Waals surface area (Å²) in [5.74, 6) is -1.08. The molecule has 3 N–H and O–H groups in total. The molecule has 0 radical (unpaired) electrons. The third kappa shape index (κ3) is 8.02. The highest BCUT2D eigenvalue weighted by Crippen LogP contribution is 2.37. The summed E-state index contributed by atoms with van der Waals surface area (Å²) in [6.45, 7) is 1.88. The van der Waals surface area contributed by atoms with Crippen molar-refractivity contribution in [3.05, 3.63) is 161 Å². The Kier molecular flexibility index (Phi) is 9.86. The predicted octanol–water partition coefficient (Wildman–Crippen LogP) is 8.49. The lowest BCUT2D eigenvalue weighted by Crippen LogP contribution is -2.30. The quantitative estimate of drug-likeness (QED) is 0.102. The van der Waals surface area contributed by atoms with Crippen LogP contribution in [0.5, 0.6) is 0 Å². The number of nitrogens with zero attached hydrogens (tertiary/aromatic N) is 1. The summed E-state index contributed by atoms with van der Waals surface area (Å²) in [6.07, 6.45) is 1.69. The molecule has 7 nitrogen and oxygen atoms in total. The standard InChI is InChI=1S/C38H30N4O3S2/c1-25-24-46-38(39-25)42-37(45)34(27-13-4-2-5-14-27)47-31-20-11-19-30(23-31)40-36(44)33(41-35(43)28-15-6-3-7-16-28)22-29-18-10-17-26-12-8-9-21-32(26)29/h2-24,34H,1H3,(H,40,44)(H,41,43)(H,39,42,45)/b33-22+. The number of rotatable bonds is 10. The Hall–Kier alpha value is -5.51. The zero-order chi connectivity index (χ0) is 32.6. The number of thioether (sulfide) groups is 1. The SMILES string of the molecule is Cc1csc(NC(=O)C(Sc2cccc(NC(=O)/C(=C\c3cccc4ccccc34)NC(=O)c3ccccc3)c2)c2ccccc2)n1. The van der Waals surface area contributed by atoms with E-state index in [0.29, 0.717) is 16.4 Å². The van der Waals surface area contributed by atoms with Gasteiger partial charge in [0, 0.05) is 21.5 Å². The van der Waals surface area contributed by atoms with E-state index < -0.39 is 17.1 Å². The molecule has 47 heavy (non-hydrogen) atoms. The van der Waals surface area contributed by atoms with Crippen LogP contribution in [0.25, 0.3) is 16.8 Å². The first-order valence-corrected chi connectivity index (χ1v) is 16.6. The van der Waals surface area contributed by atoms with Crippen molar-refractivity contribution in [2.45, 2.75) is 17.1 Å². The number of amides is 3. The first-order valence-electron chi connectivity index (χ1n) is 14.8. The van der Waals surface area contributed by atoms with E-state index in [0.717, 1.165) is 32.5 Å². The highest BCUT2D eigenvalue weighted by Gasteiger charge is 2.23. The van der Waals surface area contributed by atoms with Crippen LogP contribution in [0.4, 0.5) is 10.8 Å². The van der Waals surface area contributed by atoms with Crippen LogP contribution in [0.15, 0.2) is 143 Å². The minimum absolute atomic E-state index is 0.0912. The predicted molar refractivity (Wildman–Crippen MR) is 191 cm³/mol. The molecule has 1 unspecified atom stereocenters. The largest absolute Gasteiger partial charge is 0.321 e. The molecule has 0 bridgehead atoms. The third-order valence-corrected chi connectivity index (χ3v) is 9.31. The fourth-order valence-electron chi connectivity index (χ4n) is 4.94. The fraction of sp³-hybridized carbons (Fsp3) is 0.0526. The maximum absolute atomic E-state index is 13.8. The lowest BCUT2D eigenvalue weighted by Gasteiger charge is -2.17. The Bertz CT molecular complexity index is 2070. The van der Waals surface area contributed by atoms with Crippen LogP contribution in [-0.2, 0) is 9.59 Å². The molecule has 3 amide bonds. The molecule has 1 atom stereocenters. The van der Waals surface area contributed by atoms with Gasteiger partial charge in [0.05, 0.1) is 5.69 Å². The summed E-state index contributed by atoms with van der Waals surface area (Å²) >= 11 is 2.74. The Balaban J connectivity index is 1.27. The molecule has 6 aromatic rings. The highest BCUT2D eigenvalue weighted by molar-refractivity contribution is 8.00. The van der Waals surface area contributed by atoms with Crippen LogP contribution < -0.4 is 16.0 Å². The minimum atomic E-state index is -0.571. The number of benzene rings is 5. The summed E-state index contributed by atoms with van der Waals surface area (Å²) < 4.78 is 0. The van der Waals surface area contributed by atoms with E-state index in [1.165, 1.54) is 23.1 Å². The van der Waals surface area contributed by atoms with Gasteiger partial charge >= 0.3 is 0 Å². The maximum Gasteiger partial charge on any atom is 0.272 e. The molecular weight excluding hydrogens is 625 g/mol. The second kappa shape index (κ2) is 14.7. The molecule has 0 saturated heterocycles. The van der Waals surface area contributed by atoms with Crippen LogP contribution in [0.3, 0.4) is 0 Å². The molecule has 1 heterocycles. The monoisotopic (exact) mass is 654 g/mol. The number of hydrogen-bond acceptors (Lipinski definition) is 6. The number of anilines is 2. The number of aryl methyl sites for hydroxylation is 1. The van der Waals surface area contributed by atoms with Crippen molar-refractivity contribution in [1.29, 1.82) is 0 Å². The minimum Gasteiger partial charge on any atom is -0.321 e. The molecule has 5 aromatic carbocycles. The van der Waals surface area contributed by atoms with E-state index >= 15 is 0 Å². The van der Waals surface area contributed by atoms with Crippen LogP contribution in [0.2, 0.25) is 0 Å². The van der Waals surface area contributed by atoms with Crippen molar-refractivity contribution in [1.82, 2.24) is 10.3 Å². The van der Waals surface area contributed by atoms with Crippen LogP contribution in [0, 0.1) is 6.92 Å². The van der Waals surface area contributed by atoms with Gasteiger partial charge in [0.25, 0.3) is 11.8 Å². The lowest BCUT2D eigenvalue weighted by molar-refractivity contribution is -0.116. The summed E-state index contributed by atoms with van der Waals surface area (Å²) in [5.41, 5.74) is 3.50. The second-order valence-electron chi connectivity index (χ2n) is 10.6. The Labute approximate surface area is 280 Å². The number of carbonyl (C=O) groups is 3. The van der Waals surface area contributed by atoms with Gasteiger partial charge in [-0.2, -0.15) is 0 Å². The zero-order valence-corrected chi connectivity index (χ0v) is 27.0.